The molecule has 2 fully saturated rings. The summed E-state index contributed by atoms with van der Waals surface area (Å²) in [5.41, 5.74) is 5.57. The number of amides is 3. The van der Waals surface area contributed by atoms with Gasteiger partial charge in [0.2, 0.25) is 24.1 Å². The zero-order valence-electron chi connectivity index (χ0n) is 16.8. The third-order valence-electron chi connectivity index (χ3n) is 5.35. The van der Waals surface area contributed by atoms with Gasteiger partial charge in [0, 0.05) is 19.5 Å². The minimum Gasteiger partial charge on any atom is -0.354 e. The molecule has 2 rings (SSSR count). The summed E-state index contributed by atoms with van der Waals surface area (Å²) in [6, 6.07) is -2.89. The van der Waals surface area contributed by atoms with Crippen LogP contribution in [0, 0.1) is 11.3 Å². The zero-order chi connectivity index (χ0) is 21.1. The molecule has 1 heterocycles. The monoisotopic (exact) mass is 402 g/mol. The maximum absolute atomic E-state index is 12.9. The Labute approximate surface area is 164 Å². The third-order valence-corrected chi connectivity index (χ3v) is 5.35. The van der Waals surface area contributed by atoms with E-state index >= 15 is 0 Å². The van der Waals surface area contributed by atoms with Crippen molar-refractivity contribution < 1.29 is 23.2 Å². The van der Waals surface area contributed by atoms with Crippen molar-refractivity contribution in [2.24, 2.45) is 17.1 Å². The molecule has 7 nitrogen and oxygen atoms in total. The molecule has 0 radical (unpaired) electrons. The predicted molar refractivity (Wildman–Crippen MR) is 100 cm³/mol. The van der Waals surface area contributed by atoms with Crippen LogP contribution < -0.4 is 16.4 Å². The number of nitrogens with one attached hydrogen (secondary N) is 2. The van der Waals surface area contributed by atoms with Gasteiger partial charge in [0.05, 0.1) is 6.04 Å². The highest BCUT2D eigenvalue weighted by Gasteiger charge is 2.40. The van der Waals surface area contributed by atoms with E-state index in [9.17, 15) is 23.2 Å². The quantitative estimate of drug-likeness (QED) is 0.564. The molecular formula is C19H32F2N4O3. The van der Waals surface area contributed by atoms with Crippen molar-refractivity contribution >= 4 is 17.7 Å². The van der Waals surface area contributed by atoms with Crippen LogP contribution >= 0.6 is 0 Å². The van der Waals surface area contributed by atoms with Gasteiger partial charge in [-0.25, -0.2) is 8.78 Å². The van der Waals surface area contributed by atoms with Crippen LogP contribution in [0.25, 0.3) is 0 Å². The normalized spacial score (nSPS) is 22.1. The Balaban J connectivity index is 2.01. The number of likely N-dealkylation sites (tertiary alicyclic amines) is 1. The van der Waals surface area contributed by atoms with Crippen LogP contribution in [0.2, 0.25) is 0 Å². The number of nitrogens with two attached hydrogens (primary N) is 1. The van der Waals surface area contributed by atoms with Crippen LogP contribution in [-0.4, -0.2) is 60.3 Å². The summed E-state index contributed by atoms with van der Waals surface area (Å²) in [6.45, 7) is 6.33. The lowest BCUT2D eigenvalue weighted by atomic mass is 9.86. The summed E-state index contributed by atoms with van der Waals surface area (Å²) < 4.78 is 25.8. The average Bonchev–Trinajstić information content (AvgIpc) is 3.30. The summed E-state index contributed by atoms with van der Waals surface area (Å²) in [7, 11) is 0. The molecule has 160 valence electrons. The van der Waals surface area contributed by atoms with E-state index in [4.69, 9.17) is 5.73 Å². The number of alkyl halides is 2. The SMILES string of the molecule is CC(C)(C)[C@H](N)C(=O)N1CCC[C@H]1C(=O)N[C@@H](CC(F)F)C(=O)NCC1CC1. The van der Waals surface area contributed by atoms with Gasteiger partial charge in [0.25, 0.3) is 0 Å². The van der Waals surface area contributed by atoms with E-state index in [2.05, 4.69) is 10.6 Å². The fourth-order valence-corrected chi connectivity index (χ4v) is 3.22. The molecule has 1 aliphatic heterocycles. The minimum absolute atomic E-state index is 0.339. The number of rotatable bonds is 8. The average molecular weight is 402 g/mol. The summed E-state index contributed by atoms with van der Waals surface area (Å²) in [6.07, 6.45) is -0.427. The summed E-state index contributed by atoms with van der Waals surface area (Å²) >= 11 is 0. The highest BCUT2D eigenvalue weighted by molar-refractivity contribution is 5.93. The number of halogens is 2. The van der Waals surface area contributed by atoms with Gasteiger partial charge in [-0.3, -0.25) is 14.4 Å². The van der Waals surface area contributed by atoms with Gasteiger partial charge >= 0.3 is 0 Å². The van der Waals surface area contributed by atoms with Gasteiger partial charge in [0.15, 0.2) is 0 Å². The largest absolute Gasteiger partial charge is 0.354 e. The highest BCUT2D eigenvalue weighted by atomic mass is 19.3. The van der Waals surface area contributed by atoms with Gasteiger partial charge in [-0.1, -0.05) is 20.8 Å². The minimum atomic E-state index is -2.73. The molecular weight excluding hydrogens is 370 g/mol. The first-order chi connectivity index (χ1) is 13.0. The molecule has 0 aromatic carbocycles. The van der Waals surface area contributed by atoms with Crippen molar-refractivity contribution in [2.75, 3.05) is 13.1 Å². The molecule has 3 amide bonds. The van der Waals surface area contributed by atoms with Gasteiger partial charge in [-0.2, -0.15) is 0 Å². The second kappa shape index (κ2) is 9.15. The van der Waals surface area contributed by atoms with Gasteiger partial charge in [-0.05, 0) is 37.0 Å². The first-order valence-electron chi connectivity index (χ1n) is 9.93. The van der Waals surface area contributed by atoms with E-state index in [-0.39, 0.29) is 5.91 Å². The van der Waals surface area contributed by atoms with Crippen LogP contribution in [0.4, 0.5) is 8.78 Å². The molecule has 9 heteroatoms. The van der Waals surface area contributed by atoms with Gasteiger partial charge < -0.3 is 21.3 Å². The van der Waals surface area contributed by atoms with Crippen molar-refractivity contribution in [2.45, 2.75) is 77.4 Å². The molecule has 2 aliphatic rings. The number of hydrogen-bond donors (Lipinski definition) is 3. The lowest BCUT2D eigenvalue weighted by Crippen LogP contribution is -2.57. The van der Waals surface area contributed by atoms with Crippen molar-refractivity contribution in [3.63, 3.8) is 0 Å². The lowest BCUT2D eigenvalue weighted by Gasteiger charge is -2.33. The van der Waals surface area contributed by atoms with E-state index in [1.54, 1.807) is 0 Å². The van der Waals surface area contributed by atoms with Crippen LogP contribution in [0.15, 0.2) is 0 Å². The Morgan fingerprint density at radius 3 is 2.36 bits per heavy atom. The van der Waals surface area contributed by atoms with Crippen LogP contribution in [-0.2, 0) is 14.4 Å². The predicted octanol–water partition coefficient (Wildman–Crippen LogP) is 1.02. The van der Waals surface area contributed by atoms with E-state index in [1.807, 2.05) is 20.8 Å². The first kappa shape index (κ1) is 22.5. The van der Waals surface area contributed by atoms with Gasteiger partial charge in [0.1, 0.15) is 12.1 Å². The fourth-order valence-electron chi connectivity index (χ4n) is 3.22. The summed E-state index contributed by atoms with van der Waals surface area (Å²) in [4.78, 5) is 39.1. The lowest BCUT2D eigenvalue weighted by molar-refractivity contribution is -0.142. The van der Waals surface area contributed by atoms with Crippen molar-refractivity contribution in [1.82, 2.24) is 15.5 Å². The maximum atomic E-state index is 12.9. The Morgan fingerprint density at radius 1 is 1.18 bits per heavy atom. The molecule has 3 atom stereocenters. The maximum Gasteiger partial charge on any atom is 0.243 e. The van der Waals surface area contributed by atoms with Crippen molar-refractivity contribution in [3.8, 4) is 0 Å². The number of nitrogens with zero attached hydrogens (tertiary/aromatic N) is 1. The second-order valence-electron chi connectivity index (χ2n) is 8.91. The third kappa shape index (κ3) is 6.12. The Bertz CT molecular complexity index is 590. The molecule has 0 aromatic rings. The standard InChI is InChI=1S/C19H32F2N4O3/c1-19(2,3)15(22)18(28)25-8-4-5-13(25)17(27)24-12(9-14(20)21)16(26)23-10-11-6-7-11/h11-15H,4-10,22H2,1-3H3,(H,23,26)(H,24,27)/t12-,13-,15+/m0/s1. The molecule has 0 spiro atoms. The number of carbonyl (C=O) groups is 3. The molecule has 0 unspecified atom stereocenters. The molecule has 1 saturated heterocycles. The van der Waals surface area contributed by atoms with E-state index in [0.717, 1.165) is 12.8 Å². The van der Waals surface area contributed by atoms with E-state index in [0.29, 0.717) is 31.8 Å². The molecule has 28 heavy (non-hydrogen) atoms. The molecule has 1 aliphatic carbocycles. The molecule has 1 saturated carbocycles. The zero-order valence-corrected chi connectivity index (χ0v) is 16.8. The van der Waals surface area contributed by atoms with Crippen molar-refractivity contribution in [1.29, 1.82) is 0 Å². The molecule has 0 aromatic heterocycles. The van der Waals surface area contributed by atoms with E-state index in [1.165, 1.54) is 4.90 Å². The number of hydrogen-bond acceptors (Lipinski definition) is 4. The number of carbonyl (C=O) groups excluding carboxylic acids is 3. The Morgan fingerprint density at radius 2 is 1.82 bits per heavy atom. The van der Waals surface area contributed by atoms with Crippen LogP contribution in [0.1, 0.15) is 52.9 Å². The van der Waals surface area contributed by atoms with E-state index < -0.39 is 48.2 Å². The smallest absolute Gasteiger partial charge is 0.243 e. The van der Waals surface area contributed by atoms with Crippen molar-refractivity contribution in [3.05, 3.63) is 0 Å². The highest BCUT2D eigenvalue weighted by Crippen LogP contribution is 2.27. The molecule has 0 bridgehead atoms. The van der Waals surface area contributed by atoms with Crippen LogP contribution in [0.3, 0.4) is 0 Å². The van der Waals surface area contributed by atoms with Gasteiger partial charge in [-0.15, -0.1) is 0 Å². The first-order valence-corrected chi connectivity index (χ1v) is 9.93. The Kier molecular flexibility index (Phi) is 7.36. The molecule has 4 N–H and O–H groups in total. The topological polar surface area (TPSA) is 105 Å². The van der Waals surface area contributed by atoms with Crippen LogP contribution in [0.5, 0.6) is 0 Å². The second-order valence-corrected chi connectivity index (χ2v) is 8.91. The summed E-state index contributed by atoms with van der Waals surface area (Å²) in [5.74, 6) is -1.13. The summed E-state index contributed by atoms with van der Waals surface area (Å²) in [5, 5.41) is 5.06. The Hall–Kier alpha value is -1.77. The fraction of sp³-hybridized carbons (Fsp3) is 0.842.